The first-order valence-corrected chi connectivity index (χ1v) is 12.3. The fourth-order valence-corrected chi connectivity index (χ4v) is 5.25. The van der Waals surface area contributed by atoms with Gasteiger partial charge in [0.05, 0.1) is 0 Å². The molecule has 2 saturated heterocycles. The second-order valence-electron chi connectivity index (χ2n) is 8.61. The van der Waals surface area contributed by atoms with Crippen LogP contribution >= 0.6 is 35.3 Å². The Morgan fingerprint density at radius 1 is 1.06 bits per heavy atom. The Morgan fingerprint density at radius 2 is 1.74 bits per heavy atom. The number of guanidine groups is 1. The van der Waals surface area contributed by atoms with E-state index >= 15 is 0 Å². The molecule has 2 aliphatic heterocycles. The van der Waals surface area contributed by atoms with Crippen LogP contribution in [0.15, 0.2) is 22.5 Å². The molecular weight excluding hydrogens is 523 g/mol. The summed E-state index contributed by atoms with van der Waals surface area (Å²) >= 11 is 1.84. The van der Waals surface area contributed by atoms with E-state index in [1.807, 2.05) is 18.4 Å². The van der Waals surface area contributed by atoms with E-state index in [2.05, 4.69) is 47.4 Å². The summed E-state index contributed by atoms with van der Waals surface area (Å²) in [5.74, 6) is 1.74. The van der Waals surface area contributed by atoms with Gasteiger partial charge in [-0.3, -0.25) is 19.6 Å². The highest BCUT2D eigenvalue weighted by atomic mass is 127. The van der Waals surface area contributed by atoms with E-state index in [0.717, 1.165) is 90.8 Å². The smallest absolute Gasteiger partial charge is 0.225 e. The van der Waals surface area contributed by atoms with Crippen molar-refractivity contribution in [3.05, 3.63) is 22.4 Å². The molecule has 9 heteroatoms. The fourth-order valence-electron chi connectivity index (χ4n) is 4.50. The Labute approximate surface area is 207 Å². The number of carbonyl (C=O) groups is 1. The van der Waals surface area contributed by atoms with Crippen LogP contribution in [0, 0.1) is 5.92 Å². The highest BCUT2D eigenvalue weighted by Crippen LogP contribution is 2.28. The Hall–Kier alpha value is -0.910. The number of thiophene rings is 1. The van der Waals surface area contributed by atoms with Crippen LogP contribution in [0.5, 0.6) is 0 Å². The average Bonchev–Trinajstić information content (AvgIpc) is 3.24. The summed E-state index contributed by atoms with van der Waals surface area (Å²) in [5.41, 5.74) is 0. The van der Waals surface area contributed by atoms with Crippen molar-refractivity contribution in [1.29, 1.82) is 0 Å². The Kier molecular flexibility index (Phi) is 9.86. The Bertz CT molecular complexity index is 695. The Balaban J connectivity index is 0.00000272. The van der Waals surface area contributed by atoms with Crippen molar-refractivity contribution in [3.8, 4) is 0 Å². The maximum atomic E-state index is 12.4. The first-order valence-electron chi connectivity index (χ1n) is 11.4. The number of carbonyl (C=O) groups excluding carboxylic acids is 1. The van der Waals surface area contributed by atoms with E-state index in [-0.39, 0.29) is 24.0 Å². The van der Waals surface area contributed by atoms with Crippen LogP contribution in [-0.4, -0.2) is 104 Å². The summed E-state index contributed by atoms with van der Waals surface area (Å²) in [6, 6.07) is 4.36. The number of nitrogens with one attached hydrogen (secondary N) is 1. The average molecular weight is 561 g/mol. The number of piperazine rings is 2. The van der Waals surface area contributed by atoms with Crippen molar-refractivity contribution in [1.82, 2.24) is 24.9 Å². The molecule has 0 aromatic carbocycles. The summed E-state index contributed by atoms with van der Waals surface area (Å²) in [6.45, 7) is 10.9. The Morgan fingerprint density at radius 3 is 2.32 bits per heavy atom. The number of halogens is 1. The molecule has 0 atom stereocenters. The minimum atomic E-state index is 0. The zero-order valence-corrected chi connectivity index (χ0v) is 21.8. The number of hydrogen-bond acceptors (Lipinski definition) is 5. The zero-order valence-electron chi connectivity index (χ0n) is 18.7. The quantitative estimate of drug-likeness (QED) is 0.328. The van der Waals surface area contributed by atoms with Gasteiger partial charge in [0.1, 0.15) is 0 Å². The SMILES string of the molecule is CN=C(NCCN1CCN(C(=O)C2CCC2)CC1)N1CCN(Cc2cccs2)CC1.I. The monoisotopic (exact) mass is 560 g/mol. The van der Waals surface area contributed by atoms with Crippen molar-refractivity contribution >= 4 is 47.2 Å². The van der Waals surface area contributed by atoms with Crippen molar-refractivity contribution in [2.24, 2.45) is 10.9 Å². The standard InChI is InChI=1S/C22H36N6OS.HI/c1-23-22(28-15-11-26(12-16-28)18-20-6-3-17-30-20)24-7-8-25-9-13-27(14-10-25)21(29)19-4-2-5-19;/h3,6,17,19H,2,4-5,7-16,18H2,1H3,(H,23,24);1H. The van der Waals surface area contributed by atoms with Crippen LogP contribution in [0.2, 0.25) is 0 Å². The van der Waals surface area contributed by atoms with Gasteiger partial charge >= 0.3 is 0 Å². The second kappa shape index (κ2) is 12.4. The van der Waals surface area contributed by atoms with E-state index in [4.69, 9.17) is 0 Å². The third kappa shape index (κ3) is 6.79. The molecule has 1 aliphatic carbocycles. The molecule has 174 valence electrons. The minimum Gasteiger partial charge on any atom is -0.355 e. The van der Waals surface area contributed by atoms with E-state index in [1.54, 1.807) is 0 Å². The number of nitrogens with zero attached hydrogens (tertiary/aromatic N) is 5. The normalized spacial score (nSPS) is 21.5. The third-order valence-electron chi connectivity index (χ3n) is 6.69. The third-order valence-corrected chi connectivity index (χ3v) is 7.55. The molecule has 4 rings (SSSR count). The second-order valence-corrected chi connectivity index (χ2v) is 9.64. The van der Waals surface area contributed by atoms with Gasteiger partial charge in [0.2, 0.25) is 5.91 Å². The van der Waals surface area contributed by atoms with Gasteiger partial charge in [0, 0.05) is 89.8 Å². The maximum Gasteiger partial charge on any atom is 0.225 e. The van der Waals surface area contributed by atoms with Crippen LogP contribution in [-0.2, 0) is 11.3 Å². The molecule has 0 unspecified atom stereocenters. The molecule has 7 nitrogen and oxygen atoms in total. The molecule has 0 spiro atoms. The van der Waals surface area contributed by atoms with Gasteiger partial charge in [-0.05, 0) is 24.3 Å². The van der Waals surface area contributed by atoms with E-state index in [0.29, 0.717) is 11.8 Å². The van der Waals surface area contributed by atoms with Gasteiger partial charge < -0.3 is 15.1 Å². The zero-order chi connectivity index (χ0) is 20.8. The topological polar surface area (TPSA) is 54.4 Å². The van der Waals surface area contributed by atoms with Crippen molar-refractivity contribution in [2.45, 2.75) is 25.8 Å². The summed E-state index contributed by atoms with van der Waals surface area (Å²) in [4.78, 5) is 27.8. The van der Waals surface area contributed by atoms with Crippen molar-refractivity contribution < 1.29 is 4.79 Å². The summed E-state index contributed by atoms with van der Waals surface area (Å²) < 4.78 is 0. The van der Waals surface area contributed by atoms with E-state index in [1.165, 1.54) is 11.3 Å². The van der Waals surface area contributed by atoms with Gasteiger partial charge in [-0.1, -0.05) is 12.5 Å². The highest BCUT2D eigenvalue weighted by Gasteiger charge is 2.31. The molecular formula is C22H37IN6OS. The molecule has 0 radical (unpaired) electrons. The van der Waals surface area contributed by atoms with E-state index in [9.17, 15) is 4.79 Å². The lowest BCUT2D eigenvalue weighted by molar-refractivity contribution is -0.139. The molecule has 31 heavy (non-hydrogen) atoms. The van der Waals surface area contributed by atoms with Crippen LogP contribution in [0.4, 0.5) is 0 Å². The minimum absolute atomic E-state index is 0. The summed E-state index contributed by atoms with van der Waals surface area (Å²) in [5, 5.41) is 5.71. The lowest BCUT2D eigenvalue weighted by Crippen LogP contribution is -2.54. The molecule has 1 aromatic rings. The number of amides is 1. The maximum absolute atomic E-state index is 12.4. The van der Waals surface area contributed by atoms with Crippen LogP contribution in [0.25, 0.3) is 0 Å². The largest absolute Gasteiger partial charge is 0.355 e. The molecule has 1 saturated carbocycles. The first-order chi connectivity index (χ1) is 14.7. The first kappa shape index (κ1) is 24.7. The molecule has 1 amide bonds. The molecule has 3 aliphatic rings. The van der Waals surface area contributed by atoms with Gasteiger partial charge in [0.25, 0.3) is 0 Å². The molecule has 3 fully saturated rings. The molecule has 1 aromatic heterocycles. The lowest BCUT2D eigenvalue weighted by atomic mass is 9.84. The summed E-state index contributed by atoms with van der Waals surface area (Å²) in [6.07, 6.45) is 3.43. The number of aliphatic imine (C=N–C) groups is 1. The molecule has 0 bridgehead atoms. The molecule has 1 N–H and O–H groups in total. The molecule has 3 heterocycles. The van der Waals surface area contributed by atoms with Gasteiger partial charge in [-0.25, -0.2) is 0 Å². The highest BCUT2D eigenvalue weighted by molar-refractivity contribution is 14.0. The number of hydrogen-bond donors (Lipinski definition) is 1. The fraction of sp³-hybridized carbons (Fsp3) is 0.727. The van der Waals surface area contributed by atoms with Crippen molar-refractivity contribution in [2.75, 3.05) is 72.5 Å². The van der Waals surface area contributed by atoms with Gasteiger partial charge in [-0.2, -0.15) is 0 Å². The van der Waals surface area contributed by atoms with Crippen LogP contribution in [0.3, 0.4) is 0 Å². The summed E-state index contributed by atoms with van der Waals surface area (Å²) in [7, 11) is 1.88. The van der Waals surface area contributed by atoms with Gasteiger partial charge in [-0.15, -0.1) is 35.3 Å². The van der Waals surface area contributed by atoms with E-state index < -0.39 is 0 Å². The number of rotatable bonds is 6. The van der Waals surface area contributed by atoms with Crippen LogP contribution in [0.1, 0.15) is 24.1 Å². The lowest BCUT2D eigenvalue weighted by Gasteiger charge is -2.38. The van der Waals surface area contributed by atoms with Crippen LogP contribution < -0.4 is 5.32 Å². The van der Waals surface area contributed by atoms with Crippen molar-refractivity contribution in [3.63, 3.8) is 0 Å². The predicted molar refractivity (Wildman–Crippen MR) is 138 cm³/mol. The predicted octanol–water partition coefficient (Wildman–Crippen LogP) is 2.00. The van der Waals surface area contributed by atoms with Gasteiger partial charge in [0.15, 0.2) is 5.96 Å².